The lowest BCUT2D eigenvalue weighted by atomic mass is 10.1. The summed E-state index contributed by atoms with van der Waals surface area (Å²) in [5.74, 6) is 0.637. The molecule has 3 aromatic rings. The van der Waals surface area contributed by atoms with Crippen molar-refractivity contribution in [1.29, 1.82) is 0 Å². The maximum absolute atomic E-state index is 12.8. The minimum atomic E-state index is -4.46. The Hall–Kier alpha value is -3.76. The fourth-order valence-corrected chi connectivity index (χ4v) is 3.19. The molecule has 0 saturated heterocycles. The largest absolute Gasteiger partial charge is 0.497 e. The average molecular weight is 479 g/mol. The molecule has 11 heteroatoms. The number of carboxylic acid groups (broad SMARTS) is 1. The number of methoxy groups -OCH3 is 1. The summed E-state index contributed by atoms with van der Waals surface area (Å²) < 4.78 is 56.2. The van der Waals surface area contributed by atoms with E-state index in [-0.39, 0.29) is 12.2 Å². The van der Waals surface area contributed by atoms with Crippen LogP contribution in [0.2, 0.25) is 0 Å². The molecule has 34 heavy (non-hydrogen) atoms. The number of hydrogen-bond donors (Lipinski definition) is 1. The van der Waals surface area contributed by atoms with Crippen LogP contribution in [-0.2, 0) is 23.8 Å². The second-order valence-corrected chi connectivity index (χ2v) is 7.28. The Balaban J connectivity index is 1.66. The van der Waals surface area contributed by atoms with Crippen molar-refractivity contribution >= 4 is 5.97 Å². The molecule has 1 aromatic carbocycles. The number of pyridine rings is 1. The normalized spacial score (nSPS) is 11.3. The van der Waals surface area contributed by atoms with Crippen LogP contribution in [0, 0.1) is 0 Å². The summed E-state index contributed by atoms with van der Waals surface area (Å²) in [6.45, 7) is 2.51. The van der Waals surface area contributed by atoms with Gasteiger partial charge in [-0.3, -0.25) is 4.79 Å². The molecular formula is C23H24F3N3O5. The van der Waals surface area contributed by atoms with Gasteiger partial charge in [-0.1, -0.05) is 0 Å². The van der Waals surface area contributed by atoms with Crippen molar-refractivity contribution in [3.8, 4) is 23.2 Å². The summed E-state index contributed by atoms with van der Waals surface area (Å²) in [4.78, 5) is 14.8. The fraction of sp³-hybridized carbons (Fsp3) is 0.348. The fourth-order valence-electron chi connectivity index (χ4n) is 3.19. The Morgan fingerprint density at radius 1 is 1.15 bits per heavy atom. The molecule has 0 unspecified atom stereocenters. The van der Waals surface area contributed by atoms with E-state index in [1.165, 1.54) is 17.9 Å². The quantitative estimate of drug-likeness (QED) is 0.409. The third-order valence-electron chi connectivity index (χ3n) is 4.73. The number of rotatable bonds is 11. The number of ether oxygens (including phenoxy) is 3. The van der Waals surface area contributed by atoms with E-state index in [0.29, 0.717) is 49.0 Å². The van der Waals surface area contributed by atoms with Crippen LogP contribution >= 0.6 is 0 Å². The van der Waals surface area contributed by atoms with Crippen LogP contribution in [0.1, 0.15) is 30.0 Å². The molecule has 1 N–H and O–H groups in total. The minimum absolute atomic E-state index is 0.150. The highest BCUT2D eigenvalue weighted by Gasteiger charge is 2.30. The first-order valence-electron chi connectivity index (χ1n) is 10.5. The summed E-state index contributed by atoms with van der Waals surface area (Å²) in [5.41, 5.74) is 0.477. The third kappa shape index (κ3) is 6.63. The monoisotopic (exact) mass is 479 g/mol. The number of carboxylic acids is 1. The molecule has 182 valence electrons. The van der Waals surface area contributed by atoms with Gasteiger partial charge in [0.05, 0.1) is 32.3 Å². The molecule has 0 atom stereocenters. The standard InChI is InChI=1S/C23H24F3N3O5/c1-3-33-22-16(14-29(28-22)20-7-6-17(13-27-20)23(24,25)26)5-4-8-34-19-10-15(11-21(30)31)9-18(12-19)32-2/h6-7,9-10,12-14H,3-5,8,11H2,1-2H3,(H,30,31). The molecular weight excluding hydrogens is 455 g/mol. The Kier molecular flexibility index (Phi) is 7.98. The molecule has 0 fully saturated rings. The van der Waals surface area contributed by atoms with Crippen LogP contribution in [0.5, 0.6) is 17.4 Å². The number of carbonyl (C=O) groups is 1. The molecule has 0 aliphatic carbocycles. The molecule has 3 rings (SSSR count). The zero-order valence-electron chi connectivity index (χ0n) is 18.6. The van der Waals surface area contributed by atoms with Gasteiger partial charge in [-0.05, 0) is 49.6 Å². The van der Waals surface area contributed by atoms with E-state index < -0.39 is 17.7 Å². The number of hydrogen-bond acceptors (Lipinski definition) is 6. The Morgan fingerprint density at radius 3 is 2.53 bits per heavy atom. The van der Waals surface area contributed by atoms with Crippen molar-refractivity contribution in [2.24, 2.45) is 0 Å². The minimum Gasteiger partial charge on any atom is -0.497 e. The van der Waals surface area contributed by atoms with Crippen LogP contribution in [-0.4, -0.2) is 46.2 Å². The van der Waals surface area contributed by atoms with Gasteiger partial charge in [0.25, 0.3) is 0 Å². The number of aliphatic carboxylic acids is 1. The van der Waals surface area contributed by atoms with Crippen LogP contribution in [0.25, 0.3) is 5.82 Å². The van der Waals surface area contributed by atoms with Crippen molar-refractivity contribution in [1.82, 2.24) is 14.8 Å². The zero-order valence-corrected chi connectivity index (χ0v) is 18.6. The number of halogens is 3. The van der Waals surface area contributed by atoms with E-state index in [2.05, 4.69) is 10.1 Å². The average Bonchev–Trinajstić information content (AvgIpc) is 3.18. The maximum Gasteiger partial charge on any atom is 0.417 e. The second-order valence-electron chi connectivity index (χ2n) is 7.28. The van der Waals surface area contributed by atoms with Crippen molar-refractivity contribution in [3.05, 3.63) is 59.4 Å². The Labute approximate surface area is 193 Å². The highest BCUT2D eigenvalue weighted by molar-refractivity contribution is 5.70. The highest BCUT2D eigenvalue weighted by atomic mass is 19.4. The molecule has 2 aromatic heterocycles. The van der Waals surface area contributed by atoms with Crippen LogP contribution in [0.3, 0.4) is 0 Å². The van der Waals surface area contributed by atoms with Gasteiger partial charge in [0.1, 0.15) is 11.5 Å². The topological polar surface area (TPSA) is 95.7 Å². The number of aryl methyl sites for hydroxylation is 1. The highest BCUT2D eigenvalue weighted by Crippen LogP contribution is 2.29. The first-order valence-corrected chi connectivity index (χ1v) is 10.5. The number of alkyl halides is 3. The van der Waals surface area contributed by atoms with Gasteiger partial charge in [0.15, 0.2) is 5.82 Å². The van der Waals surface area contributed by atoms with E-state index in [4.69, 9.17) is 19.3 Å². The third-order valence-corrected chi connectivity index (χ3v) is 4.73. The Bertz CT molecular complexity index is 1110. The van der Waals surface area contributed by atoms with Gasteiger partial charge in [-0.15, -0.1) is 5.10 Å². The van der Waals surface area contributed by atoms with Crippen molar-refractivity contribution < 1.29 is 37.3 Å². The lowest BCUT2D eigenvalue weighted by Crippen LogP contribution is -2.07. The molecule has 0 aliphatic heterocycles. The summed E-state index contributed by atoms with van der Waals surface area (Å²) in [6, 6.07) is 7.15. The van der Waals surface area contributed by atoms with Gasteiger partial charge in [-0.2, -0.15) is 13.2 Å². The van der Waals surface area contributed by atoms with Gasteiger partial charge in [0, 0.05) is 24.0 Å². The molecule has 0 aliphatic rings. The van der Waals surface area contributed by atoms with Gasteiger partial charge in [0.2, 0.25) is 5.88 Å². The van der Waals surface area contributed by atoms with Crippen LogP contribution < -0.4 is 14.2 Å². The molecule has 8 nitrogen and oxygen atoms in total. The molecule has 0 bridgehead atoms. The maximum atomic E-state index is 12.8. The summed E-state index contributed by atoms with van der Waals surface area (Å²) in [6.07, 6.45) is -1.08. The summed E-state index contributed by atoms with van der Waals surface area (Å²) in [5, 5.41) is 13.3. The van der Waals surface area contributed by atoms with E-state index in [0.717, 1.165) is 17.8 Å². The van der Waals surface area contributed by atoms with Gasteiger partial charge >= 0.3 is 12.1 Å². The lowest BCUT2D eigenvalue weighted by Gasteiger charge is -2.10. The van der Waals surface area contributed by atoms with Crippen LogP contribution in [0.15, 0.2) is 42.7 Å². The molecule has 2 heterocycles. The smallest absolute Gasteiger partial charge is 0.417 e. The Morgan fingerprint density at radius 2 is 1.91 bits per heavy atom. The van der Waals surface area contributed by atoms with Crippen molar-refractivity contribution in [2.45, 2.75) is 32.4 Å². The molecule has 0 radical (unpaired) electrons. The van der Waals surface area contributed by atoms with Gasteiger partial charge in [-0.25, -0.2) is 9.67 Å². The molecule has 0 saturated carbocycles. The van der Waals surface area contributed by atoms with Crippen molar-refractivity contribution in [3.63, 3.8) is 0 Å². The SMILES string of the molecule is CCOc1nn(-c2ccc(C(F)(F)F)cn2)cc1CCCOc1cc(CC(=O)O)cc(OC)c1. The first-order chi connectivity index (χ1) is 16.2. The number of benzene rings is 1. The van der Waals surface area contributed by atoms with E-state index in [1.807, 2.05) is 0 Å². The molecule has 0 spiro atoms. The predicted molar refractivity (Wildman–Crippen MR) is 116 cm³/mol. The molecule has 0 amide bonds. The van der Waals surface area contributed by atoms with Gasteiger partial charge < -0.3 is 19.3 Å². The lowest BCUT2D eigenvalue weighted by molar-refractivity contribution is -0.138. The second kappa shape index (κ2) is 10.9. The van der Waals surface area contributed by atoms with E-state index in [9.17, 15) is 18.0 Å². The van der Waals surface area contributed by atoms with E-state index in [1.54, 1.807) is 31.3 Å². The van der Waals surface area contributed by atoms with Crippen LogP contribution in [0.4, 0.5) is 13.2 Å². The predicted octanol–water partition coefficient (Wildman–Crippen LogP) is 4.33. The number of nitrogens with zero attached hydrogens (tertiary/aromatic N) is 3. The summed E-state index contributed by atoms with van der Waals surface area (Å²) in [7, 11) is 1.49. The summed E-state index contributed by atoms with van der Waals surface area (Å²) >= 11 is 0. The first kappa shape index (κ1) is 24.9. The van der Waals surface area contributed by atoms with E-state index >= 15 is 0 Å². The van der Waals surface area contributed by atoms with Crippen molar-refractivity contribution in [2.75, 3.05) is 20.3 Å². The number of aromatic nitrogens is 3. The zero-order chi connectivity index (χ0) is 24.7.